The lowest BCUT2D eigenvalue weighted by Gasteiger charge is -2.09. The second-order valence-corrected chi connectivity index (χ2v) is 8.07. The molecule has 0 spiro atoms. The summed E-state index contributed by atoms with van der Waals surface area (Å²) in [6.07, 6.45) is -3.79. The summed E-state index contributed by atoms with van der Waals surface area (Å²) >= 11 is 5.84. The lowest BCUT2D eigenvalue weighted by molar-refractivity contribution is -0.286. The van der Waals surface area contributed by atoms with Crippen molar-refractivity contribution in [1.82, 2.24) is 4.72 Å². The van der Waals surface area contributed by atoms with E-state index in [1.807, 2.05) is 0 Å². The second kappa shape index (κ2) is 8.05. The van der Waals surface area contributed by atoms with Gasteiger partial charge in [0.05, 0.1) is 10.6 Å². The van der Waals surface area contributed by atoms with Crippen molar-refractivity contribution in [3.8, 4) is 11.5 Å². The highest BCUT2D eigenvalue weighted by atomic mass is 35.5. The topological polar surface area (TPSA) is 120 Å². The average molecular weight is 463 g/mol. The Bertz CT molecular complexity index is 1130. The number of amides is 1. The zero-order valence-electron chi connectivity index (χ0n) is 15.1. The molecule has 2 aromatic carbocycles. The monoisotopic (exact) mass is 462 g/mol. The van der Waals surface area contributed by atoms with Gasteiger partial charge in [-0.3, -0.25) is 4.79 Å². The van der Waals surface area contributed by atoms with Crippen LogP contribution < -0.4 is 19.5 Å². The van der Waals surface area contributed by atoms with E-state index in [4.69, 9.17) is 16.3 Å². The molecule has 1 aliphatic rings. The Hall–Kier alpha value is -2.96. The van der Waals surface area contributed by atoms with Gasteiger partial charge in [0.25, 0.3) is 5.91 Å². The van der Waals surface area contributed by atoms with Crippen LogP contribution in [-0.4, -0.2) is 40.2 Å². The quantitative estimate of drug-likeness (QED) is 0.632. The van der Waals surface area contributed by atoms with Gasteiger partial charge in [-0.15, -0.1) is 8.78 Å². The van der Waals surface area contributed by atoms with Gasteiger partial charge in [0.2, 0.25) is 10.0 Å². The smallest absolute Gasteiger partial charge is 0.452 e. The maximum absolute atomic E-state index is 13.0. The minimum atomic E-state index is -3.91. The first-order valence-corrected chi connectivity index (χ1v) is 9.97. The Labute approximate surface area is 173 Å². The summed E-state index contributed by atoms with van der Waals surface area (Å²) in [5.74, 6) is -2.21. The number of carbonyl (C=O) groups is 2. The minimum absolute atomic E-state index is 0.102. The van der Waals surface area contributed by atoms with Crippen molar-refractivity contribution in [3.63, 3.8) is 0 Å². The number of esters is 1. The molecule has 1 aliphatic heterocycles. The van der Waals surface area contributed by atoms with Crippen molar-refractivity contribution in [2.75, 3.05) is 19.0 Å². The molecule has 1 amide bonds. The summed E-state index contributed by atoms with van der Waals surface area (Å²) in [5.41, 5.74) is -0.0451. The van der Waals surface area contributed by atoms with Gasteiger partial charge in [0.1, 0.15) is 4.90 Å². The van der Waals surface area contributed by atoms with E-state index < -0.39 is 34.8 Å². The summed E-state index contributed by atoms with van der Waals surface area (Å²) in [6.45, 7) is -0.722. The number of nitrogens with one attached hydrogen (secondary N) is 2. The fourth-order valence-electron chi connectivity index (χ4n) is 2.38. The predicted octanol–water partition coefficient (Wildman–Crippen LogP) is 2.37. The molecule has 0 unspecified atom stereocenters. The highest BCUT2D eigenvalue weighted by molar-refractivity contribution is 7.89. The Kier molecular flexibility index (Phi) is 5.83. The van der Waals surface area contributed by atoms with Crippen LogP contribution in [0.4, 0.5) is 14.5 Å². The molecule has 2 aromatic rings. The standard InChI is InChI=1S/C17H13ClF2N2O7S/c1-21-30(25,26)14-6-9(2-4-11(14)18)16(24)27-8-15(23)22-10-3-5-12-13(7-10)29-17(19,20)28-12/h2-7,21H,8H2,1H3,(H,22,23). The zero-order chi connectivity index (χ0) is 22.1. The molecule has 0 saturated carbocycles. The molecule has 0 fully saturated rings. The molecule has 0 atom stereocenters. The summed E-state index contributed by atoms with van der Waals surface area (Å²) in [6, 6.07) is 7.02. The summed E-state index contributed by atoms with van der Waals surface area (Å²) in [4.78, 5) is 23.8. The number of rotatable bonds is 6. The van der Waals surface area contributed by atoms with Crippen molar-refractivity contribution in [2.45, 2.75) is 11.2 Å². The van der Waals surface area contributed by atoms with Gasteiger partial charge in [0, 0.05) is 11.8 Å². The van der Waals surface area contributed by atoms with Crippen molar-refractivity contribution in [3.05, 3.63) is 47.0 Å². The third-order valence-electron chi connectivity index (χ3n) is 3.74. The zero-order valence-corrected chi connectivity index (χ0v) is 16.6. The molecule has 2 N–H and O–H groups in total. The van der Waals surface area contributed by atoms with Crippen LogP contribution in [0.5, 0.6) is 11.5 Å². The molecule has 13 heteroatoms. The van der Waals surface area contributed by atoms with Crippen molar-refractivity contribution >= 4 is 39.2 Å². The van der Waals surface area contributed by atoms with Crippen molar-refractivity contribution in [1.29, 1.82) is 0 Å². The van der Waals surface area contributed by atoms with E-state index in [2.05, 4.69) is 19.5 Å². The van der Waals surface area contributed by atoms with Crippen LogP contribution in [0, 0.1) is 0 Å². The number of benzene rings is 2. The van der Waals surface area contributed by atoms with Crippen LogP contribution in [-0.2, 0) is 19.6 Å². The number of carbonyl (C=O) groups excluding carboxylic acids is 2. The highest BCUT2D eigenvalue weighted by Crippen LogP contribution is 2.42. The number of alkyl halides is 2. The number of hydrogen-bond acceptors (Lipinski definition) is 7. The first kappa shape index (κ1) is 21.7. The Morgan fingerprint density at radius 3 is 2.53 bits per heavy atom. The molecule has 160 valence electrons. The van der Waals surface area contributed by atoms with Gasteiger partial charge in [-0.1, -0.05) is 11.6 Å². The predicted molar refractivity (Wildman–Crippen MR) is 99.3 cm³/mol. The van der Waals surface area contributed by atoms with Crippen LogP contribution in [0.25, 0.3) is 0 Å². The molecule has 0 aromatic heterocycles. The minimum Gasteiger partial charge on any atom is -0.452 e. The molecule has 1 heterocycles. The second-order valence-electron chi connectivity index (χ2n) is 5.81. The van der Waals surface area contributed by atoms with Crippen LogP contribution in [0.1, 0.15) is 10.4 Å². The lowest BCUT2D eigenvalue weighted by Crippen LogP contribution is -2.25. The molecule has 0 aliphatic carbocycles. The van der Waals surface area contributed by atoms with Gasteiger partial charge in [-0.2, -0.15) is 0 Å². The van der Waals surface area contributed by atoms with Gasteiger partial charge in [-0.05, 0) is 37.4 Å². The molecule has 30 heavy (non-hydrogen) atoms. The number of fused-ring (bicyclic) bond motifs is 1. The third-order valence-corrected chi connectivity index (χ3v) is 5.64. The number of ether oxygens (including phenoxy) is 3. The largest absolute Gasteiger partial charge is 0.586 e. The highest BCUT2D eigenvalue weighted by Gasteiger charge is 2.43. The Morgan fingerprint density at radius 1 is 1.13 bits per heavy atom. The Morgan fingerprint density at radius 2 is 1.83 bits per heavy atom. The number of sulfonamides is 1. The third kappa shape index (κ3) is 4.78. The average Bonchev–Trinajstić information content (AvgIpc) is 2.99. The number of anilines is 1. The van der Waals surface area contributed by atoms with E-state index in [-0.39, 0.29) is 32.7 Å². The normalized spacial score (nSPS) is 14.3. The molecule has 0 bridgehead atoms. The van der Waals surface area contributed by atoms with E-state index >= 15 is 0 Å². The SMILES string of the molecule is CNS(=O)(=O)c1cc(C(=O)OCC(=O)Nc2ccc3c(c2)OC(F)(F)O3)ccc1Cl. The molecule has 9 nitrogen and oxygen atoms in total. The molecule has 3 rings (SSSR count). The Balaban J connectivity index is 1.62. The maximum atomic E-state index is 13.0. The van der Waals surface area contributed by atoms with Gasteiger partial charge in [0.15, 0.2) is 18.1 Å². The van der Waals surface area contributed by atoms with E-state index in [0.717, 1.165) is 12.1 Å². The molecule has 0 radical (unpaired) electrons. The van der Waals surface area contributed by atoms with Gasteiger partial charge < -0.3 is 19.5 Å². The first-order valence-electron chi connectivity index (χ1n) is 8.11. The van der Waals surface area contributed by atoms with Gasteiger partial charge >= 0.3 is 12.3 Å². The van der Waals surface area contributed by atoms with Crippen molar-refractivity contribution < 1.29 is 41.0 Å². The summed E-state index contributed by atoms with van der Waals surface area (Å²) < 4.78 is 65.3. The molecular formula is C17H13ClF2N2O7S. The lowest BCUT2D eigenvalue weighted by atomic mass is 10.2. The van der Waals surface area contributed by atoms with Crippen LogP contribution >= 0.6 is 11.6 Å². The fourth-order valence-corrected chi connectivity index (χ4v) is 3.63. The van der Waals surface area contributed by atoms with Crippen LogP contribution in [0.3, 0.4) is 0 Å². The van der Waals surface area contributed by atoms with Gasteiger partial charge in [-0.25, -0.2) is 17.9 Å². The molecular weight excluding hydrogens is 450 g/mol. The van der Waals surface area contributed by atoms with Crippen LogP contribution in [0.15, 0.2) is 41.3 Å². The maximum Gasteiger partial charge on any atom is 0.586 e. The summed E-state index contributed by atoms with van der Waals surface area (Å²) in [7, 11) is -2.74. The summed E-state index contributed by atoms with van der Waals surface area (Å²) in [5, 5.41) is 2.23. The fraction of sp³-hybridized carbons (Fsp3) is 0.176. The number of halogens is 3. The van der Waals surface area contributed by atoms with E-state index in [9.17, 15) is 26.8 Å². The number of hydrogen-bond donors (Lipinski definition) is 2. The van der Waals surface area contributed by atoms with E-state index in [0.29, 0.717) is 0 Å². The van der Waals surface area contributed by atoms with Crippen LogP contribution in [0.2, 0.25) is 5.02 Å². The molecule has 0 saturated heterocycles. The van der Waals surface area contributed by atoms with E-state index in [1.54, 1.807) is 0 Å². The van der Waals surface area contributed by atoms with Crippen molar-refractivity contribution in [2.24, 2.45) is 0 Å². The van der Waals surface area contributed by atoms with E-state index in [1.165, 1.54) is 31.3 Å². The first-order chi connectivity index (χ1) is 14.0.